The van der Waals surface area contributed by atoms with Gasteiger partial charge in [-0.1, -0.05) is 6.92 Å². The van der Waals surface area contributed by atoms with Crippen molar-refractivity contribution in [2.75, 3.05) is 37.4 Å². The van der Waals surface area contributed by atoms with Crippen LogP contribution in [0.1, 0.15) is 6.92 Å². The first kappa shape index (κ1) is 16.1. The summed E-state index contributed by atoms with van der Waals surface area (Å²) in [5.41, 5.74) is 0. The lowest BCUT2D eigenvalue weighted by molar-refractivity contribution is -0.137. The van der Waals surface area contributed by atoms with Gasteiger partial charge in [-0.25, -0.2) is 13.2 Å². The minimum absolute atomic E-state index is 0.0371. The third-order valence-electron chi connectivity index (χ3n) is 2.85. The molecule has 7 nitrogen and oxygen atoms in total. The van der Waals surface area contributed by atoms with Crippen molar-refractivity contribution in [3.63, 3.8) is 0 Å². The van der Waals surface area contributed by atoms with Crippen molar-refractivity contribution >= 4 is 33.6 Å². The van der Waals surface area contributed by atoms with Gasteiger partial charge < -0.3 is 14.9 Å². The number of likely N-dealkylation sites (N-methyl/N-ethyl adjacent to an activating group) is 1. The normalized spacial score (nSPS) is 20.1. The molecule has 1 aliphatic rings. The molecule has 1 unspecified atom stereocenters. The van der Waals surface area contributed by atoms with Gasteiger partial charge in [0, 0.05) is 30.9 Å². The van der Waals surface area contributed by atoms with Crippen LogP contribution in [0.2, 0.25) is 0 Å². The van der Waals surface area contributed by atoms with Crippen LogP contribution in [-0.4, -0.2) is 78.1 Å². The Labute approximate surface area is 116 Å². The fraction of sp³-hybridized carbons (Fsp3) is 0.800. The van der Waals surface area contributed by atoms with Gasteiger partial charge in [0.2, 0.25) is 0 Å². The summed E-state index contributed by atoms with van der Waals surface area (Å²) in [6.45, 7) is 1.41. The molecule has 0 aromatic carbocycles. The highest BCUT2D eigenvalue weighted by Crippen LogP contribution is 2.22. The van der Waals surface area contributed by atoms with Gasteiger partial charge in [0.1, 0.15) is 11.9 Å². The molecular weight excluding hydrogens is 292 g/mol. The number of rotatable bonds is 4. The number of carbonyl (C=O) groups excluding carboxylic acids is 1. The van der Waals surface area contributed by atoms with E-state index in [1.165, 1.54) is 30.6 Å². The molecule has 1 N–H and O–H groups in total. The Kier molecular flexibility index (Phi) is 5.48. The standard InChI is InChI=1S/C10H18N2O5S2/c1-3-19(16,17)8-7-18-5-4-12(8)10(15)11(2)6-9(13)14/h8H,3-7H2,1-2H3,(H,13,14). The van der Waals surface area contributed by atoms with E-state index in [0.29, 0.717) is 18.1 Å². The van der Waals surface area contributed by atoms with Gasteiger partial charge in [0.25, 0.3) is 0 Å². The number of thioether (sulfide) groups is 1. The summed E-state index contributed by atoms with van der Waals surface area (Å²) in [4.78, 5) is 25.0. The average Bonchev–Trinajstić information content (AvgIpc) is 2.37. The van der Waals surface area contributed by atoms with Gasteiger partial charge in [-0.3, -0.25) is 4.79 Å². The van der Waals surface area contributed by atoms with Crippen LogP contribution < -0.4 is 0 Å². The van der Waals surface area contributed by atoms with E-state index >= 15 is 0 Å². The second-order valence-electron chi connectivity index (χ2n) is 4.21. The molecule has 0 spiro atoms. The zero-order chi connectivity index (χ0) is 14.6. The highest BCUT2D eigenvalue weighted by Gasteiger charge is 2.37. The SMILES string of the molecule is CCS(=O)(=O)C1CSCCN1C(=O)N(C)CC(=O)O. The van der Waals surface area contributed by atoms with Crippen LogP contribution in [0.5, 0.6) is 0 Å². The summed E-state index contributed by atoms with van der Waals surface area (Å²) < 4.78 is 23.9. The molecule has 1 atom stereocenters. The molecule has 1 saturated heterocycles. The molecule has 19 heavy (non-hydrogen) atoms. The summed E-state index contributed by atoms with van der Waals surface area (Å²) in [5, 5.41) is 7.81. The lowest BCUT2D eigenvalue weighted by Gasteiger charge is -2.36. The predicted octanol–water partition coefficient (Wildman–Crippen LogP) is -0.0676. The number of hydrogen-bond donors (Lipinski definition) is 1. The number of urea groups is 1. The van der Waals surface area contributed by atoms with Crippen molar-refractivity contribution in [3.8, 4) is 0 Å². The lowest BCUT2D eigenvalue weighted by atomic mass is 10.5. The van der Waals surface area contributed by atoms with Gasteiger partial charge in [0.05, 0.1) is 0 Å². The van der Waals surface area contributed by atoms with E-state index in [1.54, 1.807) is 0 Å². The van der Waals surface area contributed by atoms with Crippen LogP contribution in [0.3, 0.4) is 0 Å². The number of nitrogens with zero attached hydrogens (tertiary/aromatic N) is 2. The quantitative estimate of drug-likeness (QED) is 0.781. The number of sulfone groups is 1. The van der Waals surface area contributed by atoms with Crippen LogP contribution in [0.25, 0.3) is 0 Å². The summed E-state index contributed by atoms with van der Waals surface area (Å²) in [5.74, 6) is -0.173. The van der Waals surface area contributed by atoms with E-state index in [4.69, 9.17) is 5.11 Å². The minimum atomic E-state index is -3.37. The first-order valence-corrected chi connectivity index (χ1v) is 8.69. The number of carboxylic acids is 1. The summed E-state index contributed by atoms with van der Waals surface area (Å²) in [7, 11) is -2.01. The Bertz CT molecular complexity index is 451. The van der Waals surface area contributed by atoms with Crippen molar-refractivity contribution in [2.45, 2.75) is 12.3 Å². The van der Waals surface area contributed by atoms with Crippen LogP contribution >= 0.6 is 11.8 Å². The van der Waals surface area contributed by atoms with E-state index < -0.39 is 33.8 Å². The Hall–Kier alpha value is -0.960. The number of hydrogen-bond acceptors (Lipinski definition) is 5. The second kappa shape index (κ2) is 6.47. The van der Waals surface area contributed by atoms with Gasteiger partial charge in [-0.15, -0.1) is 0 Å². The Morgan fingerprint density at radius 1 is 1.47 bits per heavy atom. The highest BCUT2D eigenvalue weighted by atomic mass is 32.2. The first-order chi connectivity index (χ1) is 8.79. The third kappa shape index (κ3) is 4.00. The van der Waals surface area contributed by atoms with Crippen molar-refractivity contribution in [2.24, 2.45) is 0 Å². The molecule has 9 heteroatoms. The smallest absolute Gasteiger partial charge is 0.323 e. The molecule has 0 aliphatic carbocycles. The van der Waals surface area contributed by atoms with Crippen molar-refractivity contribution < 1.29 is 23.1 Å². The Balaban J connectivity index is 2.88. The zero-order valence-electron chi connectivity index (χ0n) is 10.9. The fourth-order valence-electron chi connectivity index (χ4n) is 1.78. The Morgan fingerprint density at radius 2 is 2.11 bits per heavy atom. The maximum Gasteiger partial charge on any atom is 0.323 e. The second-order valence-corrected chi connectivity index (χ2v) is 7.80. The maximum absolute atomic E-state index is 12.1. The van der Waals surface area contributed by atoms with Gasteiger partial charge in [-0.2, -0.15) is 11.8 Å². The predicted molar refractivity (Wildman–Crippen MR) is 72.9 cm³/mol. The first-order valence-electron chi connectivity index (χ1n) is 5.82. The molecule has 0 aromatic heterocycles. The van der Waals surface area contributed by atoms with Gasteiger partial charge in [0.15, 0.2) is 9.84 Å². The summed E-state index contributed by atoms with van der Waals surface area (Å²) in [6.07, 6.45) is 0. The monoisotopic (exact) mass is 310 g/mol. The van der Waals surface area contributed by atoms with E-state index in [9.17, 15) is 18.0 Å². The summed E-state index contributed by atoms with van der Waals surface area (Å²) in [6, 6.07) is -0.551. The van der Waals surface area contributed by atoms with Crippen LogP contribution in [-0.2, 0) is 14.6 Å². The molecule has 110 valence electrons. The molecule has 0 saturated carbocycles. The molecule has 2 amide bonds. The van der Waals surface area contributed by atoms with Crippen molar-refractivity contribution in [1.29, 1.82) is 0 Å². The number of carboxylic acid groups (broad SMARTS) is 1. The van der Waals surface area contributed by atoms with Gasteiger partial charge >= 0.3 is 12.0 Å². The van der Waals surface area contributed by atoms with Crippen molar-refractivity contribution in [1.82, 2.24) is 9.80 Å². The topological polar surface area (TPSA) is 95.0 Å². The van der Waals surface area contributed by atoms with E-state index in [2.05, 4.69) is 0 Å². The largest absolute Gasteiger partial charge is 0.480 e. The fourth-order valence-corrected chi connectivity index (χ4v) is 4.74. The molecule has 0 radical (unpaired) electrons. The number of aliphatic carboxylic acids is 1. The van der Waals surface area contributed by atoms with Gasteiger partial charge in [-0.05, 0) is 0 Å². The van der Waals surface area contributed by atoms with E-state index in [0.717, 1.165) is 4.90 Å². The summed E-state index contributed by atoms with van der Waals surface area (Å²) >= 11 is 1.48. The Morgan fingerprint density at radius 3 is 2.63 bits per heavy atom. The molecule has 0 aromatic rings. The molecule has 1 rings (SSSR count). The molecule has 0 bridgehead atoms. The third-order valence-corrected chi connectivity index (χ3v) is 6.13. The van der Waals surface area contributed by atoms with E-state index in [-0.39, 0.29) is 5.75 Å². The maximum atomic E-state index is 12.1. The van der Waals surface area contributed by atoms with E-state index in [1.807, 2.05) is 0 Å². The van der Waals surface area contributed by atoms with Crippen molar-refractivity contribution in [3.05, 3.63) is 0 Å². The minimum Gasteiger partial charge on any atom is -0.480 e. The number of amides is 2. The molecule has 1 heterocycles. The number of carbonyl (C=O) groups is 2. The lowest BCUT2D eigenvalue weighted by Crippen LogP contribution is -2.54. The molecular formula is C10H18N2O5S2. The van der Waals surface area contributed by atoms with Crippen LogP contribution in [0.4, 0.5) is 4.79 Å². The van der Waals surface area contributed by atoms with Crippen LogP contribution in [0.15, 0.2) is 0 Å². The highest BCUT2D eigenvalue weighted by molar-refractivity contribution is 8.01. The average molecular weight is 310 g/mol. The molecule has 1 aliphatic heterocycles. The van der Waals surface area contributed by atoms with Crippen LogP contribution in [0, 0.1) is 0 Å². The molecule has 1 fully saturated rings. The zero-order valence-corrected chi connectivity index (χ0v) is 12.5.